The van der Waals surface area contributed by atoms with E-state index in [1.165, 1.54) is 12.1 Å². The Hall–Kier alpha value is -2.02. The fraction of sp³-hybridized carbons (Fsp3) is 0.350. The number of alkyl halides is 3. The molecule has 0 aromatic heterocycles. The first-order valence-corrected chi connectivity index (χ1v) is 9.76. The lowest BCUT2D eigenvalue weighted by molar-refractivity contribution is -0.116. The van der Waals surface area contributed by atoms with E-state index in [1.807, 2.05) is 0 Å². The Morgan fingerprint density at radius 3 is 2.74 bits per heavy atom. The zero-order valence-electron chi connectivity index (χ0n) is 14.3. The van der Waals surface area contributed by atoms with Crippen LogP contribution in [0.4, 0.5) is 17.6 Å². The monoisotopic (exact) mass is 395 g/mol. The summed E-state index contributed by atoms with van der Waals surface area (Å²) in [4.78, 5) is 13.7. The van der Waals surface area contributed by atoms with E-state index in [0.717, 1.165) is 47.4 Å². The molecular weight excluding hydrogens is 378 g/mol. The molecule has 27 heavy (non-hydrogen) atoms. The number of Topliss-reactive ketones (excluding diaryl/α,β-unsaturated/α-hetero) is 1. The van der Waals surface area contributed by atoms with Gasteiger partial charge in [-0.2, -0.15) is 13.2 Å². The number of dihydropyridines is 1. The molecule has 3 aliphatic rings. The van der Waals surface area contributed by atoms with Crippen molar-refractivity contribution in [2.24, 2.45) is 0 Å². The highest BCUT2D eigenvalue weighted by molar-refractivity contribution is 8.03. The van der Waals surface area contributed by atoms with E-state index in [-0.39, 0.29) is 23.3 Å². The van der Waals surface area contributed by atoms with Gasteiger partial charge in [0.25, 0.3) is 0 Å². The minimum absolute atomic E-state index is 0.0308. The lowest BCUT2D eigenvalue weighted by Crippen LogP contribution is -2.30. The van der Waals surface area contributed by atoms with Gasteiger partial charge >= 0.3 is 6.18 Å². The maximum Gasteiger partial charge on any atom is 0.409 e. The fourth-order valence-corrected chi connectivity index (χ4v) is 5.14. The molecule has 0 fully saturated rings. The molecule has 0 saturated heterocycles. The third-order valence-electron chi connectivity index (χ3n) is 5.02. The Morgan fingerprint density at radius 2 is 1.96 bits per heavy atom. The number of carbonyl (C=O) groups excluding carboxylic acids is 1. The number of hydrogen-bond acceptors (Lipinski definition) is 3. The van der Waals surface area contributed by atoms with Crippen LogP contribution in [0.25, 0.3) is 6.08 Å². The average Bonchev–Trinajstić information content (AvgIpc) is 3.07. The van der Waals surface area contributed by atoms with Crippen LogP contribution in [0.15, 0.2) is 46.1 Å². The second kappa shape index (κ2) is 6.86. The molecule has 0 saturated carbocycles. The summed E-state index contributed by atoms with van der Waals surface area (Å²) >= 11 is 1.65. The van der Waals surface area contributed by atoms with Crippen molar-refractivity contribution >= 4 is 23.6 Å². The van der Waals surface area contributed by atoms with Crippen molar-refractivity contribution in [2.75, 3.05) is 5.75 Å². The van der Waals surface area contributed by atoms with Gasteiger partial charge in [0.05, 0.1) is 0 Å². The predicted molar refractivity (Wildman–Crippen MR) is 97.4 cm³/mol. The van der Waals surface area contributed by atoms with E-state index in [0.29, 0.717) is 17.6 Å². The minimum atomic E-state index is -4.51. The SMILES string of the molecule is O=C1CCCC2=C1C(c1ccc(F)c(C=CC(F)(F)F)c1)C1=C(CCS1)N2. The highest BCUT2D eigenvalue weighted by atomic mass is 32.2. The van der Waals surface area contributed by atoms with E-state index in [1.54, 1.807) is 17.8 Å². The van der Waals surface area contributed by atoms with Crippen LogP contribution in [0.2, 0.25) is 0 Å². The first-order valence-electron chi connectivity index (χ1n) is 8.78. The van der Waals surface area contributed by atoms with Crippen molar-refractivity contribution < 1.29 is 22.4 Å². The summed E-state index contributed by atoms with van der Waals surface area (Å²) < 4.78 is 51.6. The molecule has 2 nitrogen and oxygen atoms in total. The van der Waals surface area contributed by atoms with Crippen LogP contribution in [0, 0.1) is 5.82 Å². The van der Waals surface area contributed by atoms with Gasteiger partial charge in [0.1, 0.15) is 5.82 Å². The summed E-state index contributed by atoms with van der Waals surface area (Å²) in [6.45, 7) is 0. The van der Waals surface area contributed by atoms with Crippen LogP contribution in [0.1, 0.15) is 42.7 Å². The molecule has 1 atom stereocenters. The molecule has 1 aromatic carbocycles. The predicted octanol–water partition coefficient (Wildman–Crippen LogP) is 5.44. The van der Waals surface area contributed by atoms with Crippen LogP contribution in [0.5, 0.6) is 0 Å². The Morgan fingerprint density at radius 1 is 1.15 bits per heavy atom. The lowest BCUT2D eigenvalue weighted by atomic mass is 9.79. The van der Waals surface area contributed by atoms with Gasteiger partial charge in [-0.1, -0.05) is 6.07 Å². The van der Waals surface area contributed by atoms with Gasteiger partial charge in [-0.15, -0.1) is 11.8 Å². The number of benzene rings is 1. The largest absolute Gasteiger partial charge is 0.409 e. The standard InChI is InChI=1S/C20H17F4NOS/c21-13-5-4-12(10-11(13)6-8-20(22,23)24)17-18-14(2-1-3-16(18)26)25-15-7-9-27-19(15)17/h4-6,8,10,17,25H,1-3,7,9H2. The highest BCUT2D eigenvalue weighted by Gasteiger charge is 2.38. The van der Waals surface area contributed by atoms with E-state index in [9.17, 15) is 22.4 Å². The van der Waals surface area contributed by atoms with Gasteiger partial charge in [-0.05, 0) is 43.0 Å². The number of hydrogen-bond donors (Lipinski definition) is 1. The van der Waals surface area contributed by atoms with Crippen molar-refractivity contribution in [3.05, 3.63) is 63.1 Å². The highest BCUT2D eigenvalue weighted by Crippen LogP contribution is 2.50. The normalized spacial score (nSPS) is 23.0. The van der Waals surface area contributed by atoms with Crippen molar-refractivity contribution in [3.8, 4) is 0 Å². The minimum Gasteiger partial charge on any atom is -0.361 e. The van der Waals surface area contributed by atoms with Gasteiger partial charge < -0.3 is 5.32 Å². The average molecular weight is 395 g/mol. The number of ketones is 1. The second-order valence-corrected chi connectivity index (χ2v) is 7.96. The first-order chi connectivity index (χ1) is 12.8. The third kappa shape index (κ3) is 3.57. The zero-order valence-corrected chi connectivity index (χ0v) is 15.1. The molecule has 0 spiro atoms. The zero-order chi connectivity index (χ0) is 19.2. The Labute approximate surface area is 158 Å². The molecule has 142 valence electrons. The molecule has 0 bridgehead atoms. The molecule has 2 aliphatic heterocycles. The van der Waals surface area contributed by atoms with Crippen LogP contribution >= 0.6 is 11.8 Å². The van der Waals surface area contributed by atoms with E-state index < -0.39 is 12.0 Å². The van der Waals surface area contributed by atoms with Gasteiger partial charge in [-0.25, -0.2) is 4.39 Å². The van der Waals surface area contributed by atoms with Gasteiger partial charge in [-0.3, -0.25) is 4.79 Å². The lowest BCUT2D eigenvalue weighted by Gasteiger charge is -2.33. The molecule has 2 heterocycles. The molecule has 1 aliphatic carbocycles. The van der Waals surface area contributed by atoms with E-state index in [4.69, 9.17) is 0 Å². The summed E-state index contributed by atoms with van der Waals surface area (Å²) in [5, 5.41) is 3.40. The summed E-state index contributed by atoms with van der Waals surface area (Å²) in [5.41, 5.74) is 3.21. The second-order valence-electron chi connectivity index (χ2n) is 6.82. The molecule has 1 unspecified atom stereocenters. The number of halogens is 4. The van der Waals surface area contributed by atoms with E-state index >= 15 is 0 Å². The molecular formula is C20H17F4NOS. The Kier molecular flexibility index (Phi) is 4.66. The smallest absolute Gasteiger partial charge is 0.361 e. The molecule has 1 aromatic rings. The van der Waals surface area contributed by atoms with Crippen molar-refractivity contribution in [2.45, 2.75) is 37.8 Å². The molecule has 7 heteroatoms. The molecule has 4 rings (SSSR count). The van der Waals surface area contributed by atoms with Crippen LogP contribution in [-0.2, 0) is 4.79 Å². The quantitative estimate of drug-likeness (QED) is 0.676. The number of allylic oxidation sites excluding steroid dienone is 5. The Balaban J connectivity index is 1.80. The fourth-order valence-electron chi connectivity index (χ4n) is 3.87. The van der Waals surface area contributed by atoms with Crippen molar-refractivity contribution in [1.82, 2.24) is 5.32 Å². The third-order valence-corrected chi connectivity index (χ3v) is 6.22. The number of thioether (sulfide) groups is 1. The first kappa shape index (κ1) is 18.3. The molecule has 0 radical (unpaired) electrons. The topological polar surface area (TPSA) is 29.1 Å². The maximum absolute atomic E-state index is 14.1. The van der Waals surface area contributed by atoms with Crippen molar-refractivity contribution in [1.29, 1.82) is 0 Å². The number of nitrogens with one attached hydrogen (secondary N) is 1. The van der Waals surface area contributed by atoms with Crippen LogP contribution in [0.3, 0.4) is 0 Å². The Bertz CT molecular complexity index is 898. The summed E-state index contributed by atoms with van der Waals surface area (Å²) in [6, 6.07) is 4.19. The van der Waals surface area contributed by atoms with Crippen LogP contribution < -0.4 is 5.32 Å². The molecule has 0 amide bonds. The maximum atomic E-state index is 14.1. The summed E-state index contributed by atoms with van der Waals surface area (Å²) in [7, 11) is 0. The summed E-state index contributed by atoms with van der Waals surface area (Å²) in [5.74, 6) is -0.0874. The number of carbonyl (C=O) groups is 1. The van der Waals surface area contributed by atoms with Crippen molar-refractivity contribution in [3.63, 3.8) is 0 Å². The van der Waals surface area contributed by atoms with Gasteiger partial charge in [0, 0.05) is 51.6 Å². The van der Waals surface area contributed by atoms with E-state index in [2.05, 4.69) is 5.32 Å². The summed E-state index contributed by atoms with van der Waals surface area (Å²) in [6.07, 6.45) is -0.839. The van der Waals surface area contributed by atoms with Gasteiger partial charge in [0.15, 0.2) is 5.78 Å². The molecule has 1 N–H and O–H groups in total. The van der Waals surface area contributed by atoms with Crippen LogP contribution in [-0.4, -0.2) is 17.7 Å². The van der Waals surface area contributed by atoms with Gasteiger partial charge in [0.2, 0.25) is 0 Å². The number of rotatable bonds is 2.